The van der Waals surface area contributed by atoms with Crippen LogP contribution in [-0.4, -0.2) is 30.3 Å². The standard InChI is InChI=1S/C15H17ClFN3O/c1-20(6-7-21)12-3-5-15(19-10-12)18-9-11-2-4-13(16)14(17)8-11/h2-5,8,10,21H,6-7,9H2,1H3,(H,18,19). The SMILES string of the molecule is CN(CCO)c1ccc(NCc2ccc(Cl)c(F)c2)nc1. The fourth-order valence-corrected chi connectivity index (χ4v) is 1.96. The molecule has 1 aromatic heterocycles. The van der Waals surface area contributed by atoms with Gasteiger partial charge in [-0.05, 0) is 29.8 Å². The molecule has 0 spiro atoms. The zero-order chi connectivity index (χ0) is 15.2. The lowest BCUT2D eigenvalue weighted by molar-refractivity contribution is 0.304. The predicted molar refractivity (Wildman–Crippen MR) is 83.3 cm³/mol. The van der Waals surface area contributed by atoms with E-state index in [9.17, 15) is 4.39 Å². The molecule has 1 heterocycles. The molecule has 0 aliphatic carbocycles. The van der Waals surface area contributed by atoms with E-state index in [4.69, 9.17) is 16.7 Å². The summed E-state index contributed by atoms with van der Waals surface area (Å²) in [5.74, 6) is 0.274. The zero-order valence-electron chi connectivity index (χ0n) is 11.7. The van der Waals surface area contributed by atoms with Gasteiger partial charge in [0.05, 0.1) is 23.5 Å². The van der Waals surface area contributed by atoms with E-state index in [-0.39, 0.29) is 11.6 Å². The third-order valence-corrected chi connectivity index (χ3v) is 3.39. The number of nitrogens with one attached hydrogen (secondary N) is 1. The van der Waals surface area contributed by atoms with Gasteiger partial charge in [-0.25, -0.2) is 9.37 Å². The molecule has 6 heteroatoms. The van der Waals surface area contributed by atoms with Crippen molar-refractivity contribution in [3.05, 3.63) is 52.9 Å². The van der Waals surface area contributed by atoms with Crippen LogP contribution in [0, 0.1) is 5.82 Å². The molecular weight excluding hydrogens is 293 g/mol. The van der Waals surface area contributed by atoms with Crippen LogP contribution in [0.3, 0.4) is 0 Å². The molecule has 0 fully saturated rings. The van der Waals surface area contributed by atoms with Gasteiger partial charge in [-0.15, -0.1) is 0 Å². The van der Waals surface area contributed by atoms with Crippen molar-refractivity contribution in [3.63, 3.8) is 0 Å². The lowest BCUT2D eigenvalue weighted by atomic mass is 10.2. The van der Waals surface area contributed by atoms with Gasteiger partial charge in [-0.1, -0.05) is 17.7 Å². The third-order valence-electron chi connectivity index (χ3n) is 3.08. The maximum absolute atomic E-state index is 13.3. The molecule has 0 saturated heterocycles. The average molecular weight is 310 g/mol. The fourth-order valence-electron chi connectivity index (χ4n) is 1.84. The molecule has 21 heavy (non-hydrogen) atoms. The Hall–Kier alpha value is -1.85. The van der Waals surface area contributed by atoms with E-state index in [2.05, 4.69) is 10.3 Å². The van der Waals surface area contributed by atoms with Crippen LogP contribution in [0.5, 0.6) is 0 Å². The first-order chi connectivity index (χ1) is 10.1. The molecule has 0 bridgehead atoms. The Morgan fingerprint density at radius 2 is 2.14 bits per heavy atom. The number of hydrogen-bond donors (Lipinski definition) is 2. The van der Waals surface area contributed by atoms with Gasteiger partial charge in [0.15, 0.2) is 0 Å². The Morgan fingerprint density at radius 3 is 2.76 bits per heavy atom. The van der Waals surface area contributed by atoms with Gasteiger partial charge in [0.2, 0.25) is 0 Å². The number of hydrogen-bond acceptors (Lipinski definition) is 4. The van der Waals surface area contributed by atoms with E-state index < -0.39 is 5.82 Å². The molecule has 0 atom stereocenters. The third kappa shape index (κ3) is 4.31. The van der Waals surface area contributed by atoms with Crippen LogP contribution in [0.4, 0.5) is 15.9 Å². The molecule has 0 amide bonds. The van der Waals surface area contributed by atoms with Crippen molar-refractivity contribution in [1.82, 2.24) is 4.98 Å². The summed E-state index contributed by atoms with van der Waals surface area (Å²) in [5.41, 5.74) is 1.72. The van der Waals surface area contributed by atoms with Crippen molar-refractivity contribution in [3.8, 4) is 0 Å². The largest absolute Gasteiger partial charge is 0.395 e. The number of nitrogens with zero attached hydrogens (tertiary/aromatic N) is 2. The van der Waals surface area contributed by atoms with Crippen LogP contribution in [0.1, 0.15) is 5.56 Å². The Balaban J connectivity index is 1.95. The number of benzene rings is 1. The first-order valence-electron chi connectivity index (χ1n) is 6.56. The highest BCUT2D eigenvalue weighted by molar-refractivity contribution is 6.30. The normalized spacial score (nSPS) is 10.5. The van der Waals surface area contributed by atoms with E-state index >= 15 is 0 Å². The van der Waals surface area contributed by atoms with E-state index in [1.54, 1.807) is 12.3 Å². The van der Waals surface area contributed by atoms with Gasteiger partial charge in [-0.2, -0.15) is 0 Å². The number of likely N-dealkylation sites (N-methyl/N-ethyl adjacent to an activating group) is 1. The summed E-state index contributed by atoms with van der Waals surface area (Å²) in [7, 11) is 1.89. The van der Waals surface area contributed by atoms with Crippen molar-refractivity contribution in [2.45, 2.75) is 6.54 Å². The summed E-state index contributed by atoms with van der Waals surface area (Å²) in [5, 5.41) is 12.1. The van der Waals surface area contributed by atoms with Crippen molar-refractivity contribution >= 4 is 23.1 Å². The van der Waals surface area contributed by atoms with Crippen LogP contribution < -0.4 is 10.2 Å². The summed E-state index contributed by atoms with van der Waals surface area (Å²) >= 11 is 5.64. The highest BCUT2D eigenvalue weighted by Gasteiger charge is 2.03. The molecule has 112 valence electrons. The number of anilines is 2. The van der Waals surface area contributed by atoms with Gasteiger partial charge in [0.25, 0.3) is 0 Å². The smallest absolute Gasteiger partial charge is 0.142 e. The van der Waals surface area contributed by atoms with Crippen molar-refractivity contribution in [2.75, 3.05) is 30.4 Å². The number of aliphatic hydroxyl groups excluding tert-OH is 1. The Labute approximate surface area is 128 Å². The predicted octanol–water partition coefficient (Wildman–Crippen LogP) is 2.91. The first-order valence-corrected chi connectivity index (χ1v) is 6.94. The van der Waals surface area contributed by atoms with E-state index in [1.807, 2.05) is 24.1 Å². The fraction of sp³-hybridized carbons (Fsp3) is 0.267. The number of aliphatic hydroxyl groups is 1. The van der Waals surface area contributed by atoms with Crippen molar-refractivity contribution in [2.24, 2.45) is 0 Å². The minimum atomic E-state index is -0.426. The summed E-state index contributed by atoms with van der Waals surface area (Å²) in [6, 6.07) is 8.46. The lowest BCUT2D eigenvalue weighted by Crippen LogP contribution is -2.21. The number of halogens is 2. The van der Waals surface area contributed by atoms with Crippen LogP contribution in [-0.2, 0) is 6.54 Å². The van der Waals surface area contributed by atoms with Gasteiger partial charge >= 0.3 is 0 Å². The molecule has 2 rings (SSSR count). The van der Waals surface area contributed by atoms with E-state index in [0.29, 0.717) is 18.9 Å². The van der Waals surface area contributed by atoms with Crippen molar-refractivity contribution < 1.29 is 9.50 Å². The molecule has 0 aliphatic rings. The monoisotopic (exact) mass is 309 g/mol. The molecule has 4 nitrogen and oxygen atoms in total. The highest BCUT2D eigenvalue weighted by atomic mass is 35.5. The molecule has 0 aliphatic heterocycles. The Bertz CT molecular complexity index is 592. The maximum atomic E-state index is 13.3. The first kappa shape index (κ1) is 15.5. The Kier molecular flexibility index (Phi) is 5.36. The second-order valence-electron chi connectivity index (χ2n) is 4.65. The average Bonchev–Trinajstić information content (AvgIpc) is 2.49. The molecule has 2 N–H and O–H groups in total. The summed E-state index contributed by atoms with van der Waals surface area (Å²) < 4.78 is 13.3. The van der Waals surface area contributed by atoms with E-state index in [0.717, 1.165) is 11.3 Å². The van der Waals surface area contributed by atoms with E-state index in [1.165, 1.54) is 12.1 Å². The minimum Gasteiger partial charge on any atom is -0.395 e. The van der Waals surface area contributed by atoms with Gasteiger partial charge < -0.3 is 15.3 Å². The lowest BCUT2D eigenvalue weighted by Gasteiger charge is -2.17. The summed E-state index contributed by atoms with van der Waals surface area (Å²) in [6.07, 6.45) is 1.72. The number of rotatable bonds is 6. The molecular formula is C15H17ClFN3O. The van der Waals surface area contributed by atoms with Gasteiger partial charge in [0.1, 0.15) is 11.6 Å². The molecule has 0 radical (unpaired) electrons. The van der Waals surface area contributed by atoms with Crippen LogP contribution in [0.25, 0.3) is 0 Å². The maximum Gasteiger partial charge on any atom is 0.142 e. The summed E-state index contributed by atoms with van der Waals surface area (Å²) in [6.45, 7) is 1.12. The van der Waals surface area contributed by atoms with Gasteiger partial charge in [0, 0.05) is 20.1 Å². The zero-order valence-corrected chi connectivity index (χ0v) is 12.4. The van der Waals surface area contributed by atoms with Crippen LogP contribution >= 0.6 is 11.6 Å². The second-order valence-corrected chi connectivity index (χ2v) is 5.06. The number of pyridine rings is 1. The summed E-state index contributed by atoms with van der Waals surface area (Å²) in [4.78, 5) is 6.19. The molecule has 1 aromatic carbocycles. The minimum absolute atomic E-state index is 0.0959. The molecule has 2 aromatic rings. The molecule has 0 unspecified atom stereocenters. The molecule has 0 saturated carbocycles. The number of aromatic nitrogens is 1. The topological polar surface area (TPSA) is 48.4 Å². The van der Waals surface area contributed by atoms with Crippen molar-refractivity contribution in [1.29, 1.82) is 0 Å². The van der Waals surface area contributed by atoms with Crippen LogP contribution in [0.2, 0.25) is 5.02 Å². The highest BCUT2D eigenvalue weighted by Crippen LogP contribution is 2.17. The Morgan fingerprint density at radius 1 is 1.33 bits per heavy atom. The quantitative estimate of drug-likeness (QED) is 0.861. The second kappa shape index (κ2) is 7.24. The van der Waals surface area contributed by atoms with Gasteiger partial charge in [-0.3, -0.25) is 0 Å². The van der Waals surface area contributed by atoms with Crippen LogP contribution in [0.15, 0.2) is 36.5 Å².